The fourth-order valence-electron chi connectivity index (χ4n) is 5.43. The number of allylic oxidation sites excluding steroid dienone is 1. The summed E-state index contributed by atoms with van der Waals surface area (Å²) in [6.07, 6.45) is 1.24. The van der Waals surface area contributed by atoms with Crippen LogP contribution in [0, 0.1) is 5.92 Å². The molecule has 0 radical (unpaired) electrons. The van der Waals surface area contributed by atoms with E-state index in [1.54, 1.807) is 67.0 Å². The second-order valence-electron chi connectivity index (χ2n) is 10.0. The van der Waals surface area contributed by atoms with Crippen LogP contribution in [-0.4, -0.2) is 59.9 Å². The number of carbonyl (C=O) groups is 4. The molecule has 4 rings (SSSR count). The number of halogens is 1. The van der Waals surface area contributed by atoms with Crippen LogP contribution in [0.25, 0.3) is 0 Å². The maximum atomic E-state index is 13.4. The molecular formula is C31H35ClN2O6. The van der Waals surface area contributed by atoms with Gasteiger partial charge in [0.15, 0.2) is 0 Å². The summed E-state index contributed by atoms with van der Waals surface area (Å²) < 4.78 is 10.5. The second kappa shape index (κ2) is 13.1. The van der Waals surface area contributed by atoms with E-state index in [9.17, 15) is 19.2 Å². The van der Waals surface area contributed by atoms with Gasteiger partial charge in [-0.3, -0.25) is 14.4 Å². The number of carbonyl (C=O) groups excluding carboxylic acids is 4. The van der Waals surface area contributed by atoms with Crippen molar-refractivity contribution in [3.63, 3.8) is 0 Å². The first kappa shape index (κ1) is 29.3. The molecule has 1 atom stereocenters. The minimum atomic E-state index is -0.466. The number of esters is 2. The zero-order chi connectivity index (χ0) is 28.8. The fraction of sp³-hybridized carbons (Fsp3) is 0.419. The first-order valence-electron chi connectivity index (χ1n) is 13.7. The van der Waals surface area contributed by atoms with Crippen molar-refractivity contribution in [2.75, 3.05) is 26.3 Å². The zero-order valence-corrected chi connectivity index (χ0v) is 23.9. The lowest BCUT2D eigenvalue weighted by molar-refractivity contribution is -0.149. The highest BCUT2D eigenvalue weighted by molar-refractivity contribution is 6.30. The number of nitrogens with zero attached hydrogens (tertiary/aromatic N) is 2. The van der Waals surface area contributed by atoms with Gasteiger partial charge in [-0.1, -0.05) is 35.9 Å². The van der Waals surface area contributed by atoms with Gasteiger partial charge >= 0.3 is 11.9 Å². The van der Waals surface area contributed by atoms with Gasteiger partial charge in [-0.2, -0.15) is 0 Å². The molecule has 2 amide bonds. The van der Waals surface area contributed by atoms with Crippen LogP contribution in [0.5, 0.6) is 0 Å². The molecule has 0 bridgehead atoms. The Morgan fingerprint density at radius 1 is 0.975 bits per heavy atom. The molecule has 0 aliphatic carbocycles. The van der Waals surface area contributed by atoms with Crippen LogP contribution in [-0.2, 0) is 30.4 Å². The summed E-state index contributed by atoms with van der Waals surface area (Å²) in [5.74, 6) is -1.56. The highest BCUT2D eigenvalue weighted by Crippen LogP contribution is 2.38. The number of piperidine rings is 1. The maximum absolute atomic E-state index is 13.4. The zero-order valence-electron chi connectivity index (χ0n) is 23.2. The van der Waals surface area contributed by atoms with E-state index in [1.165, 1.54) is 0 Å². The first-order valence-corrected chi connectivity index (χ1v) is 14.1. The third kappa shape index (κ3) is 6.55. The van der Waals surface area contributed by atoms with Crippen molar-refractivity contribution in [2.24, 2.45) is 5.92 Å². The molecule has 2 heterocycles. The smallest absolute Gasteiger partial charge is 0.336 e. The van der Waals surface area contributed by atoms with E-state index in [0.717, 1.165) is 11.1 Å². The van der Waals surface area contributed by atoms with E-state index in [1.807, 2.05) is 12.1 Å². The molecule has 40 heavy (non-hydrogen) atoms. The summed E-state index contributed by atoms with van der Waals surface area (Å²) in [5.41, 5.74) is 3.02. The molecule has 0 aromatic heterocycles. The number of likely N-dealkylation sites (tertiary alicyclic amines) is 1. The molecule has 9 heteroatoms. The van der Waals surface area contributed by atoms with Crippen LogP contribution in [0.4, 0.5) is 0 Å². The van der Waals surface area contributed by atoms with Gasteiger partial charge in [-0.25, -0.2) is 4.79 Å². The van der Waals surface area contributed by atoms with Gasteiger partial charge in [-0.05, 0) is 69.0 Å². The van der Waals surface area contributed by atoms with Gasteiger partial charge in [0.25, 0.3) is 5.91 Å². The minimum Gasteiger partial charge on any atom is -0.466 e. The Bertz CT molecular complexity index is 1310. The molecule has 2 aromatic carbocycles. The average Bonchev–Trinajstić information content (AvgIpc) is 2.95. The van der Waals surface area contributed by atoms with Crippen LogP contribution in [0.3, 0.4) is 0 Å². The fourth-order valence-corrected chi connectivity index (χ4v) is 5.63. The minimum absolute atomic E-state index is 0.0971. The van der Waals surface area contributed by atoms with Gasteiger partial charge in [0.05, 0.1) is 31.2 Å². The Kier molecular flexibility index (Phi) is 9.63. The third-order valence-electron chi connectivity index (χ3n) is 7.49. The lowest BCUT2D eigenvalue weighted by Crippen LogP contribution is -2.40. The molecule has 0 spiro atoms. The molecule has 2 aliphatic heterocycles. The van der Waals surface area contributed by atoms with E-state index in [2.05, 4.69) is 0 Å². The normalized spacial score (nSPS) is 18.1. The summed E-state index contributed by atoms with van der Waals surface area (Å²) in [7, 11) is 0. The number of benzene rings is 2. The topological polar surface area (TPSA) is 93.2 Å². The molecular weight excluding hydrogens is 532 g/mol. The predicted octanol–water partition coefficient (Wildman–Crippen LogP) is 5.11. The summed E-state index contributed by atoms with van der Waals surface area (Å²) in [5, 5.41) is 0.528. The molecule has 2 aliphatic rings. The van der Waals surface area contributed by atoms with Crippen molar-refractivity contribution >= 4 is 35.4 Å². The van der Waals surface area contributed by atoms with E-state index in [0.29, 0.717) is 54.4 Å². The van der Waals surface area contributed by atoms with Gasteiger partial charge in [0.1, 0.15) is 0 Å². The van der Waals surface area contributed by atoms with Gasteiger partial charge in [0, 0.05) is 41.7 Å². The number of amides is 2. The van der Waals surface area contributed by atoms with Crippen molar-refractivity contribution in [1.29, 1.82) is 0 Å². The molecule has 1 saturated heterocycles. The van der Waals surface area contributed by atoms with Crippen molar-refractivity contribution in [2.45, 2.75) is 52.5 Å². The van der Waals surface area contributed by atoms with E-state index >= 15 is 0 Å². The molecule has 0 saturated carbocycles. The van der Waals surface area contributed by atoms with Gasteiger partial charge < -0.3 is 19.3 Å². The molecule has 2 aromatic rings. The second-order valence-corrected chi connectivity index (χ2v) is 10.5. The summed E-state index contributed by atoms with van der Waals surface area (Å²) in [6, 6.07) is 14.4. The Morgan fingerprint density at radius 2 is 1.68 bits per heavy atom. The van der Waals surface area contributed by atoms with Crippen LogP contribution in [0.15, 0.2) is 59.8 Å². The monoisotopic (exact) mass is 566 g/mol. The quantitative estimate of drug-likeness (QED) is 0.412. The summed E-state index contributed by atoms with van der Waals surface area (Å²) in [6.45, 7) is 7.02. The standard InChI is InChI=1S/C31H35ClN2O6/c1-4-39-30(37)22-12-14-33(15-13-22)29(36)24-10-6-8-21(16-24)19-34-20(3)28(31(38)40-5-2)26(18-27(34)35)23-9-7-11-25(32)17-23/h6-11,16-17,22,26H,4-5,12-15,18-19H2,1-3H3. The SMILES string of the molecule is CCOC(=O)C1=C(C)N(Cc2cccc(C(=O)N3CCC(C(=O)OCC)CC3)c2)C(=O)CC1c1cccc(Cl)c1. The van der Waals surface area contributed by atoms with Gasteiger partial charge in [0.2, 0.25) is 5.91 Å². The summed E-state index contributed by atoms with van der Waals surface area (Å²) in [4.78, 5) is 55.1. The summed E-state index contributed by atoms with van der Waals surface area (Å²) >= 11 is 6.21. The average molecular weight is 567 g/mol. The molecule has 212 valence electrons. The maximum Gasteiger partial charge on any atom is 0.336 e. The van der Waals surface area contributed by atoms with Crippen LogP contribution >= 0.6 is 11.6 Å². The van der Waals surface area contributed by atoms with Gasteiger partial charge in [-0.15, -0.1) is 0 Å². The van der Waals surface area contributed by atoms with Crippen molar-refractivity contribution in [3.05, 3.63) is 81.5 Å². The van der Waals surface area contributed by atoms with E-state index < -0.39 is 11.9 Å². The molecule has 0 N–H and O–H groups in total. The van der Waals surface area contributed by atoms with E-state index in [4.69, 9.17) is 21.1 Å². The number of hydrogen-bond donors (Lipinski definition) is 0. The van der Waals surface area contributed by atoms with Crippen LogP contribution < -0.4 is 0 Å². The number of ether oxygens (including phenoxy) is 2. The van der Waals surface area contributed by atoms with Crippen LogP contribution in [0.2, 0.25) is 5.02 Å². The van der Waals surface area contributed by atoms with E-state index in [-0.39, 0.29) is 43.3 Å². The number of rotatable bonds is 8. The Balaban J connectivity index is 1.54. The Labute approximate surface area is 239 Å². The molecule has 1 fully saturated rings. The third-order valence-corrected chi connectivity index (χ3v) is 7.72. The van der Waals surface area contributed by atoms with Crippen molar-refractivity contribution in [1.82, 2.24) is 9.80 Å². The highest BCUT2D eigenvalue weighted by Gasteiger charge is 2.37. The predicted molar refractivity (Wildman–Crippen MR) is 150 cm³/mol. The lowest BCUT2D eigenvalue weighted by Gasteiger charge is -2.34. The molecule has 1 unspecified atom stereocenters. The Morgan fingerprint density at radius 3 is 2.35 bits per heavy atom. The van der Waals surface area contributed by atoms with Crippen LogP contribution in [0.1, 0.15) is 67.4 Å². The lowest BCUT2D eigenvalue weighted by atomic mass is 9.83. The largest absolute Gasteiger partial charge is 0.466 e. The highest BCUT2D eigenvalue weighted by atomic mass is 35.5. The Hall–Kier alpha value is -3.65. The van der Waals surface area contributed by atoms with Crippen molar-refractivity contribution < 1.29 is 28.7 Å². The number of hydrogen-bond acceptors (Lipinski definition) is 6. The first-order chi connectivity index (χ1) is 19.2. The van der Waals surface area contributed by atoms with Crippen molar-refractivity contribution in [3.8, 4) is 0 Å². The molecule has 8 nitrogen and oxygen atoms in total.